The topological polar surface area (TPSA) is 38.3 Å². The van der Waals surface area contributed by atoms with Gasteiger partial charge in [0.25, 0.3) is 5.91 Å². The minimum Gasteiger partial charge on any atom is -0.484 e. The highest BCUT2D eigenvalue weighted by molar-refractivity contribution is 7.07. The molecule has 10 heteroatoms. The number of hydrogen-bond acceptors (Lipinski definition) is 3. The first kappa shape index (κ1) is 19.1. The minimum atomic E-state index is -4.97. The number of carbonyl (C=O) groups excluding carboxylic acids is 1. The molecule has 0 aliphatic heterocycles. The zero-order chi connectivity index (χ0) is 18.7. The second-order valence-corrected chi connectivity index (χ2v) is 5.72. The Morgan fingerprint density at radius 3 is 2.12 bits per heavy atom. The van der Waals surface area contributed by atoms with Gasteiger partial charge in [-0.1, -0.05) is 0 Å². The van der Waals surface area contributed by atoms with Gasteiger partial charge in [-0.2, -0.15) is 37.7 Å². The zero-order valence-corrected chi connectivity index (χ0v) is 13.2. The molecule has 0 unspecified atom stereocenters. The summed E-state index contributed by atoms with van der Waals surface area (Å²) in [6.07, 6.45) is -9.94. The molecule has 0 fully saturated rings. The molecule has 1 heterocycles. The molecule has 0 saturated carbocycles. The molecule has 0 aliphatic carbocycles. The fourth-order valence-electron chi connectivity index (χ4n) is 1.80. The van der Waals surface area contributed by atoms with Gasteiger partial charge in [-0.15, -0.1) is 0 Å². The van der Waals surface area contributed by atoms with Crippen LogP contribution in [0.2, 0.25) is 0 Å². The minimum absolute atomic E-state index is 0.0104. The lowest BCUT2D eigenvalue weighted by Gasteiger charge is -2.14. The quantitative estimate of drug-likeness (QED) is 0.774. The third kappa shape index (κ3) is 5.66. The Morgan fingerprint density at radius 2 is 1.64 bits per heavy atom. The molecule has 136 valence electrons. The molecule has 25 heavy (non-hydrogen) atoms. The van der Waals surface area contributed by atoms with Crippen molar-refractivity contribution in [3.8, 4) is 5.75 Å². The Balaban J connectivity index is 2.06. The summed E-state index contributed by atoms with van der Waals surface area (Å²) in [5, 5.41) is 6.02. The number of halogens is 6. The van der Waals surface area contributed by atoms with Gasteiger partial charge >= 0.3 is 12.4 Å². The van der Waals surface area contributed by atoms with Crippen LogP contribution in [0.15, 0.2) is 35.0 Å². The number of benzene rings is 1. The molecule has 1 aromatic carbocycles. The first-order chi connectivity index (χ1) is 11.6. The highest BCUT2D eigenvalue weighted by Crippen LogP contribution is 2.38. The molecule has 1 N–H and O–H groups in total. The summed E-state index contributed by atoms with van der Waals surface area (Å²) in [4.78, 5) is 11.6. The number of nitrogens with one attached hydrogen (secondary N) is 1. The average Bonchev–Trinajstić information content (AvgIpc) is 3.02. The van der Waals surface area contributed by atoms with Crippen LogP contribution in [0.4, 0.5) is 26.3 Å². The highest BCUT2D eigenvalue weighted by atomic mass is 32.1. The van der Waals surface area contributed by atoms with Crippen LogP contribution in [0.5, 0.6) is 5.75 Å². The third-order valence-corrected chi connectivity index (χ3v) is 3.73. The van der Waals surface area contributed by atoms with Crippen LogP contribution in [0.1, 0.15) is 16.7 Å². The molecule has 1 aromatic heterocycles. The first-order valence-corrected chi connectivity index (χ1v) is 7.70. The fourth-order valence-corrected chi connectivity index (χ4v) is 2.47. The predicted octanol–water partition coefficient (Wildman–Crippen LogP) is 4.48. The average molecular weight is 383 g/mol. The summed E-state index contributed by atoms with van der Waals surface area (Å²) in [5.41, 5.74) is -2.19. The van der Waals surface area contributed by atoms with Crippen LogP contribution in [0.25, 0.3) is 0 Å². The van der Waals surface area contributed by atoms with E-state index in [-0.39, 0.29) is 12.6 Å². The molecule has 0 atom stereocenters. The van der Waals surface area contributed by atoms with E-state index in [2.05, 4.69) is 5.32 Å². The van der Waals surface area contributed by atoms with Crippen molar-refractivity contribution >= 4 is 17.2 Å². The number of thiophene rings is 1. The van der Waals surface area contributed by atoms with Crippen LogP contribution >= 0.6 is 11.3 Å². The lowest BCUT2D eigenvalue weighted by atomic mass is 10.1. The maximum absolute atomic E-state index is 12.7. The standard InChI is InChI=1S/C15H11F6NO2S/c16-14(17,18)10-3-11(15(19,20)21)5-12(4-10)24-7-13(23)22-6-9-1-2-25-8-9/h1-5,8H,6-7H2,(H,22,23). The van der Waals surface area contributed by atoms with E-state index in [1.165, 1.54) is 11.3 Å². The van der Waals surface area contributed by atoms with E-state index < -0.39 is 41.7 Å². The van der Waals surface area contributed by atoms with Gasteiger partial charge in [0, 0.05) is 6.54 Å². The van der Waals surface area contributed by atoms with Crippen molar-refractivity contribution < 1.29 is 35.9 Å². The lowest BCUT2D eigenvalue weighted by Crippen LogP contribution is -2.28. The molecule has 0 bridgehead atoms. The zero-order valence-electron chi connectivity index (χ0n) is 12.4. The van der Waals surface area contributed by atoms with Crippen molar-refractivity contribution in [2.75, 3.05) is 6.61 Å². The number of rotatable bonds is 5. The van der Waals surface area contributed by atoms with Crippen LogP contribution in [0.3, 0.4) is 0 Å². The molecular formula is C15H11F6NO2S. The van der Waals surface area contributed by atoms with Crippen molar-refractivity contribution in [3.63, 3.8) is 0 Å². The second-order valence-electron chi connectivity index (χ2n) is 4.94. The number of alkyl halides is 6. The van der Waals surface area contributed by atoms with Crippen LogP contribution in [0, 0.1) is 0 Å². The monoisotopic (exact) mass is 383 g/mol. The normalized spacial score (nSPS) is 12.1. The molecular weight excluding hydrogens is 372 g/mol. The Morgan fingerprint density at radius 1 is 1.04 bits per heavy atom. The van der Waals surface area contributed by atoms with E-state index in [4.69, 9.17) is 4.74 Å². The summed E-state index contributed by atoms with van der Waals surface area (Å²) in [5.74, 6) is -1.36. The summed E-state index contributed by atoms with van der Waals surface area (Å²) >= 11 is 1.41. The molecule has 0 saturated heterocycles. The van der Waals surface area contributed by atoms with E-state index >= 15 is 0 Å². The van der Waals surface area contributed by atoms with Crippen LogP contribution in [-0.2, 0) is 23.7 Å². The Labute approximate surface area is 142 Å². The molecule has 0 spiro atoms. The second kappa shape index (κ2) is 7.34. The SMILES string of the molecule is O=C(COc1cc(C(F)(F)F)cc(C(F)(F)F)c1)NCc1ccsc1. The van der Waals surface area contributed by atoms with Gasteiger partial charge in [0.15, 0.2) is 6.61 Å². The summed E-state index contributed by atoms with van der Waals surface area (Å²) in [6.45, 7) is -0.523. The van der Waals surface area contributed by atoms with Gasteiger partial charge < -0.3 is 10.1 Å². The lowest BCUT2D eigenvalue weighted by molar-refractivity contribution is -0.143. The molecule has 2 aromatic rings. The van der Waals surface area contributed by atoms with Gasteiger partial charge in [0.05, 0.1) is 11.1 Å². The molecule has 0 radical (unpaired) electrons. The molecule has 3 nitrogen and oxygen atoms in total. The first-order valence-electron chi connectivity index (χ1n) is 6.76. The predicted molar refractivity (Wildman–Crippen MR) is 78.1 cm³/mol. The van der Waals surface area contributed by atoms with Gasteiger partial charge in [-0.25, -0.2) is 0 Å². The van der Waals surface area contributed by atoms with Gasteiger partial charge in [-0.3, -0.25) is 4.79 Å². The van der Waals surface area contributed by atoms with E-state index in [9.17, 15) is 31.1 Å². The largest absolute Gasteiger partial charge is 0.484 e. The maximum atomic E-state index is 12.7. The molecule has 2 rings (SSSR count). The van der Waals surface area contributed by atoms with Gasteiger partial charge in [-0.05, 0) is 40.6 Å². The van der Waals surface area contributed by atoms with Gasteiger partial charge in [0.1, 0.15) is 5.75 Å². The highest BCUT2D eigenvalue weighted by Gasteiger charge is 2.37. The van der Waals surface area contributed by atoms with Gasteiger partial charge in [0.2, 0.25) is 0 Å². The van der Waals surface area contributed by atoms with Crippen molar-refractivity contribution in [2.24, 2.45) is 0 Å². The number of hydrogen-bond donors (Lipinski definition) is 1. The van der Waals surface area contributed by atoms with E-state index in [1.807, 2.05) is 0 Å². The number of carbonyl (C=O) groups is 1. The third-order valence-electron chi connectivity index (χ3n) is 3.00. The summed E-state index contributed by atoms with van der Waals surface area (Å²) < 4.78 is 81.1. The summed E-state index contributed by atoms with van der Waals surface area (Å²) in [6, 6.07) is 2.58. The van der Waals surface area contributed by atoms with E-state index in [0.717, 1.165) is 5.56 Å². The van der Waals surface area contributed by atoms with Crippen molar-refractivity contribution in [1.29, 1.82) is 0 Å². The van der Waals surface area contributed by atoms with E-state index in [1.54, 1.807) is 16.8 Å². The smallest absolute Gasteiger partial charge is 0.416 e. The molecule has 1 amide bonds. The van der Waals surface area contributed by atoms with Crippen molar-refractivity contribution in [2.45, 2.75) is 18.9 Å². The van der Waals surface area contributed by atoms with E-state index in [0.29, 0.717) is 12.1 Å². The molecule has 0 aliphatic rings. The summed E-state index contributed by atoms with van der Waals surface area (Å²) in [7, 11) is 0. The Kier molecular flexibility index (Phi) is 5.61. The Hall–Kier alpha value is -2.23. The van der Waals surface area contributed by atoms with Crippen LogP contribution < -0.4 is 10.1 Å². The van der Waals surface area contributed by atoms with Crippen molar-refractivity contribution in [3.05, 3.63) is 51.7 Å². The number of amides is 1. The fraction of sp³-hybridized carbons (Fsp3) is 0.267. The Bertz CT molecular complexity index is 692. The number of ether oxygens (including phenoxy) is 1. The van der Waals surface area contributed by atoms with Crippen LogP contribution in [-0.4, -0.2) is 12.5 Å². The maximum Gasteiger partial charge on any atom is 0.416 e. The van der Waals surface area contributed by atoms with Crippen molar-refractivity contribution in [1.82, 2.24) is 5.32 Å².